The van der Waals surface area contributed by atoms with Gasteiger partial charge in [-0.25, -0.2) is 0 Å². The van der Waals surface area contributed by atoms with Crippen LogP contribution in [0.4, 0.5) is 5.00 Å². The first-order valence-corrected chi connectivity index (χ1v) is 6.77. The summed E-state index contributed by atoms with van der Waals surface area (Å²) in [5, 5.41) is 14.7. The number of thiophene rings is 1. The van der Waals surface area contributed by atoms with Crippen LogP contribution in [0, 0.1) is 10.1 Å². The minimum atomic E-state index is -0.509. The Morgan fingerprint density at radius 1 is 1.35 bits per heavy atom. The van der Waals surface area contributed by atoms with Crippen molar-refractivity contribution >= 4 is 22.2 Å². The number of nitrogens with zero attached hydrogens (tertiary/aromatic N) is 1. The summed E-state index contributed by atoms with van der Waals surface area (Å²) in [4.78, 5) is 22.0. The van der Waals surface area contributed by atoms with Crippen molar-refractivity contribution in [2.75, 3.05) is 0 Å². The largest absolute Gasteiger partial charge is 0.348 e. The molecule has 104 valence electrons. The number of nitro groups is 1. The maximum absolute atomic E-state index is 11.9. The Labute approximate surface area is 119 Å². The average Bonchev–Trinajstić information content (AvgIpc) is 2.95. The first-order chi connectivity index (χ1) is 9.61. The second-order valence-electron chi connectivity index (χ2n) is 4.09. The topological polar surface area (TPSA) is 98.3 Å². The molecule has 1 heterocycles. The van der Waals surface area contributed by atoms with E-state index in [1.807, 2.05) is 24.3 Å². The molecule has 0 atom stereocenters. The van der Waals surface area contributed by atoms with E-state index in [4.69, 9.17) is 5.73 Å². The molecule has 1 aromatic heterocycles. The van der Waals surface area contributed by atoms with Crippen LogP contribution in [0.1, 0.15) is 21.5 Å². The molecule has 2 aromatic rings. The first kappa shape index (κ1) is 14.2. The van der Waals surface area contributed by atoms with E-state index in [0.29, 0.717) is 18.7 Å². The third-order valence-corrected chi connectivity index (χ3v) is 3.69. The van der Waals surface area contributed by atoms with E-state index in [1.165, 1.54) is 11.4 Å². The van der Waals surface area contributed by atoms with Crippen molar-refractivity contribution in [1.82, 2.24) is 5.32 Å². The summed E-state index contributed by atoms with van der Waals surface area (Å²) in [6.07, 6.45) is 0. The van der Waals surface area contributed by atoms with Gasteiger partial charge in [-0.1, -0.05) is 35.6 Å². The maximum Gasteiger partial charge on any atom is 0.324 e. The Morgan fingerprint density at radius 3 is 2.65 bits per heavy atom. The highest BCUT2D eigenvalue weighted by Gasteiger charge is 2.14. The molecule has 0 aliphatic carbocycles. The van der Waals surface area contributed by atoms with E-state index in [-0.39, 0.29) is 10.9 Å². The van der Waals surface area contributed by atoms with Gasteiger partial charge in [0.1, 0.15) is 0 Å². The molecule has 0 bridgehead atoms. The molecule has 0 radical (unpaired) electrons. The van der Waals surface area contributed by atoms with Crippen LogP contribution in [0.25, 0.3) is 0 Å². The lowest BCUT2D eigenvalue weighted by Crippen LogP contribution is -2.23. The highest BCUT2D eigenvalue weighted by Crippen LogP contribution is 2.22. The zero-order chi connectivity index (χ0) is 14.5. The predicted octanol–water partition coefficient (Wildman–Crippen LogP) is 2.04. The van der Waals surface area contributed by atoms with Crippen LogP contribution in [-0.2, 0) is 13.1 Å². The molecule has 6 nitrogen and oxygen atoms in total. The number of carbonyl (C=O) groups excluding carboxylic acids is 1. The number of rotatable bonds is 5. The SMILES string of the molecule is NCc1ccccc1CNC(=O)c1csc([N+](=O)[O-])c1. The molecule has 2 rings (SSSR count). The van der Waals surface area contributed by atoms with Crippen molar-refractivity contribution in [1.29, 1.82) is 0 Å². The minimum Gasteiger partial charge on any atom is -0.348 e. The summed E-state index contributed by atoms with van der Waals surface area (Å²) in [7, 11) is 0. The van der Waals surface area contributed by atoms with Crippen LogP contribution in [0.5, 0.6) is 0 Å². The van der Waals surface area contributed by atoms with Gasteiger partial charge in [0.05, 0.1) is 10.5 Å². The highest BCUT2D eigenvalue weighted by atomic mass is 32.1. The zero-order valence-electron chi connectivity index (χ0n) is 10.5. The quantitative estimate of drug-likeness (QED) is 0.650. The molecule has 3 N–H and O–H groups in total. The fourth-order valence-electron chi connectivity index (χ4n) is 1.75. The molecule has 1 aromatic carbocycles. The molecule has 0 aliphatic heterocycles. The van der Waals surface area contributed by atoms with Gasteiger partial charge >= 0.3 is 5.00 Å². The Kier molecular flexibility index (Phi) is 4.44. The van der Waals surface area contributed by atoms with Gasteiger partial charge in [0.25, 0.3) is 5.91 Å². The Balaban J connectivity index is 2.03. The molecular weight excluding hydrogens is 278 g/mol. The summed E-state index contributed by atoms with van der Waals surface area (Å²) in [6, 6.07) is 8.82. The lowest BCUT2D eigenvalue weighted by molar-refractivity contribution is -0.380. The summed E-state index contributed by atoms with van der Waals surface area (Å²) >= 11 is 0.935. The number of hydrogen-bond acceptors (Lipinski definition) is 5. The molecule has 0 saturated heterocycles. The Hall–Kier alpha value is -2.25. The monoisotopic (exact) mass is 291 g/mol. The van der Waals surface area contributed by atoms with Crippen LogP contribution >= 0.6 is 11.3 Å². The van der Waals surface area contributed by atoms with Crippen molar-refractivity contribution in [2.24, 2.45) is 5.73 Å². The van der Waals surface area contributed by atoms with Gasteiger partial charge in [-0.3, -0.25) is 14.9 Å². The lowest BCUT2D eigenvalue weighted by Gasteiger charge is -2.08. The molecule has 0 aliphatic rings. The van der Waals surface area contributed by atoms with Gasteiger partial charge in [-0.05, 0) is 11.1 Å². The van der Waals surface area contributed by atoms with Gasteiger partial charge < -0.3 is 11.1 Å². The number of benzene rings is 1. The summed E-state index contributed by atoms with van der Waals surface area (Å²) in [5.41, 5.74) is 7.82. The fourth-order valence-corrected chi connectivity index (χ4v) is 2.45. The van der Waals surface area contributed by atoms with E-state index in [2.05, 4.69) is 5.32 Å². The predicted molar refractivity (Wildman–Crippen MR) is 76.5 cm³/mol. The number of amides is 1. The standard InChI is InChI=1S/C13H13N3O3S/c14-6-9-3-1-2-4-10(9)7-15-13(17)11-5-12(16(18)19)20-8-11/h1-5,8H,6-7,14H2,(H,15,17). The second kappa shape index (κ2) is 6.27. The highest BCUT2D eigenvalue weighted by molar-refractivity contribution is 7.13. The van der Waals surface area contributed by atoms with E-state index >= 15 is 0 Å². The van der Waals surface area contributed by atoms with Gasteiger partial charge in [0.2, 0.25) is 0 Å². The summed E-state index contributed by atoms with van der Waals surface area (Å²) in [6.45, 7) is 0.742. The number of carbonyl (C=O) groups is 1. The third-order valence-electron chi connectivity index (χ3n) is 2.81. The number of nitrogens with two attached hydrogens (primary N) is 1. The van der Waals surface area contributed by atoms with Gasteiger partial charge in [0.15, 0.2) is 0 Å². The molecule has 0 fully saturated rings. The van der Waals surface area contributed by atoms with Crippen molar-refractivity contribution in [2.45, 2.75) is 13.1 Å². The van der Waals surface area contributed by atoms with Crippen LogP contribution < -0.4 is 11.1 Å². The van der Waals surface area contributed by atoms with E-state index in [0.717, 1.165) is 22.5 Å². The van der Waals surface area contributed by atoms with E-state index < -0.39 is 4.92 Å². The van der Waals surface area contributed by atoms with Crippen LogP contribution in [0.15, 0.2) is 35.7 Å². The second-order valence-corrected chi connectivity index (χ2v) is 4.98. The smallest absolute Gasteiger partial charge is 0.324 e. The van der Waals surface area contributed by atoms with Gasteiger partial charge in [-0.2, -0.15) is 0 Å². The van der Waals surface area contributed by atoms with Crippen LogP contribution in [-0.4, -0.2) is 10.8 Å². The van der Waals surface area contributed by atoms with Crippen molar-refractivity contribution in [3.63, 3.8) is 0 Å². The van der Waals surface area contributed by atoms with Crippen molar-refractivity contribution < 1.29 is 9.72 Å². The molecule has 0 unspecified atom stereocenters. The molecule has 7 heteroatoms. The summed E-state index contributed by atoms with van der Waals surface area (Å²) < 4.78 is 0. The van der Waals surface area contributed by atoms with Crippen molar-refractivity contribution in [3.05, 3.63) is 62.5 Å². The molecule has 1 amide bonds. The summed E-state index contributed by atoms with van der Waals surface area (Å²) in [5.74, 6) is -0.332. The van der Waals surface area contributed by atoms with Crippen molar-refractivity contribution in [3.8, 4) is 0 Å². The van der Waals surface area contributed by atoms with E-state index in [9.17, 15) is 14.9 Å². The zero-order valence-corrected chi connectivity index (χ0v) is 11.4. The van der Waals surface area contributed by atoms with Crippen LogP contribution in [0.3, 0.4) is 0 Å². The molecule has 0 spiro atoms. The normalized spacial score (nSPS) is 10.2. The van der Waals surface area contributed by atoms with E-state index in [1.54, 1.807) is 0 Å². The molecule has 0 saturated carbocycles. The fraction of sp³-hybridized carbons (Fsp3) is 0.154. The molecule has 20 heavy (non-hydrogen) atoms. The maximum atomic E-state index is 11.9. The van der Waals surface area contributed by atoms with Gasteiger partial charge in [-0.15, -0.1) is 0 Å². The number of nitrogens with one attached hydrogen (secondary N) is 1. The van der Waals surface area contributed by atoms with Gasteiger partial charge in [0, 0.05) is 24.5 Å². The Bertz CT molecular complexity index is 639. The number of hydrogen-bond donors (Lipinski definition) is 2. The Morgan fingerprint density at radius 2 is 2.05 bits per heavy atom. The lowest BCUT2D eigenvalue weighted by atomic mass is 10.1. The first-order valence-electron chi connectivity index (χ1n) is 5.89. The van der Waals surface area contributed by atoms with Crippen LogP contribution in [0.2, 0.25) is 0 Å². The average molecular weight is 291 g/mol. The third kappa shape index (κ3) is 3.19. The minimum absolute atomic E-state index is 0.0440. The molecular formula is C13H13N3O3S.